The Morgan fingerprint density at radius 3 is 2.62 bits per heavy atom. The van der Waals surface area contributed by atoms with Gasteiger partial charge in [0.15, 0.2) is 5.65 Å². The fourth-order valence-electron chi connectivity index (χ4n) is 3.96. The van der Waals surface area contributed by atoms with Crippen molar-refractivity contribution in [1.82, 2.24) is 19.7 Å². The van der Waals surface area contributed by atoms with Gasteiger partial charge >= 0.3 is 5.97 Å². The van der Waals surface area contributed by atoms with E-state index in [1.165, 1.54) is 4.88 Å². The number of carbonyl (C=O) groups is 2. The molecule has 1 aliphatic carbocycles. The predicted octanol–water partition coefficient (Wildman–Crippen LogP) is 4.77. The minimum Gasteiger partial charge on any atom is -0.465 e. The van der Waals surface area contributed by atoms with E-state index < -0.39 is 0 Å². The molecule has 8 heteroatoms. The number of pyridine rings is 1. The fraction of sp³-hybridized carbons (Fsp3) is 0.500. The summed E-state index contributed by atoms with van der Waals surface area (Å²) in [7, 11) is 0. The van der Waals surface area contributed by atoms with Crippen molar-refractivity contribution in [2.75, 3.05) is 19.7 Å². The first kappa shape index (κ1) is 22.5. The Bertz CT molecular complexity index is 1160. The van der Waals surface area contributed by atoms with E-state index >= 15 is 0 Å². The van der Waals surface area contributed by atoms with Crippen LogP contribution >= 0.6 is 11.3 Å². The van der Waals surface area contributed by atoms with Crippen molar-refractivity contribution in [3.63, 3.8) is 0 Å². The van der Waals surface area contributed by atoms with E-state index in [0.29, 0.717) is 35.7 Å². The van der Waals surface area contributed by atoms with Gasteiger partial charge in [-0.1, -0.05) is 0 Å². The quantitative estimate of drug-likeness (QED) is 0.458. The maximum Gasteiger partial charge on any atom is 0.325 e. The van der Waals surface area contributed by atoms with Gasteiger partial charge in [-0.3, -0.25) is 9.59 Å². The van der Waals surface area contributed by atoms with E-state index in [9.17, 15) is 9.59 Å². The molecule has 3 aromatic heterocycles. The molecule has 0 N–H and O–H groups in total. The average molecular weight is 455 g/mol. The smallest absolute Gasteiger partial charge is 0.325 e. The molecule has 0 bridgehead atoms. The highest BCUT2D eigenvalue weighted by Gasteiger charge is 2.30. The van der Waals surface area contributed by atoms with E-state index in [1.807, 2.05) is 24.6 Å². The van der Waals surface area contributed by atoms with Crippen molar-refractivity contribution in [2.45, 2.75) is 53.5 Å². The van der Waals surface area contributed by atoms with Crippen LogP contribution in [0.4, 0.5) is 0 Å². The molecule has 3 aromatic rings. The first-order valence-corrected chi connectivity index (χ1v) is 12.0. The topological polar surface area (TPSA) is 77.3 Å². The summed E-state index contributed by atoms with van der Waals surface area (Å²) < 4.78 is 6.98. The van der Waals surface area contributed by atoms with Crippen molar-refractivity contribution in [2.24, 2.45) is 5.92 Å². The van der Waals surface area contributed by atoms with Crippen LogP contribution in [0, 0.1) is 19.8 Å². The molecule has 0 saturated heterocycles. The van der Waals surface area contributed by atoms with Crippen LogP contribution in [0.15, 0.2) is 18.3 Å². The van der Waals surface area contributed by atoms with Crippen molar-refractivity contribution in [3.8, 4) is 11.3 Å². The highest BCUT2D eigenvalue weighted by molar-refractivity contribution is 7.12. The average Bonchev–Trinajstić information content (AvgIpc) is 3.33. The summed E-state index contributed by atoms with van der Waals surface area (Å²) in [6, 6.07) is 4.07. The zero-order chi connectivity index (χ0) is 23.0. The molecule has 0 radical (unpaired) electrons. The largest absolute Gasteiger partial charge is 0.465 e. The molecule has 4 rings (SSSR count). The maximum absolute atomic E-state index is 13.8. The first-order chi connectivity index (χ1) is 15.3. The molecule has 7 nitrogen and oxygen atoms in total. The zero-order valence-corrected chi connectivity index (χ0v) is 20.2. The zero-order valence-electron chi connectivity index (χ0n) is 19.3. The third-order valence-corrected chi connectivity index (χ3v) is 6.66. The van der Waals surface area contributed by atoms with Gasteiger partial charge in [0.05, 0.1) is 29.4 Å². The van der Waals surface area contributed by atoms with Crippen LogP contribution in [0.25, 0.3) is 22.3 Å². The number of rotatable bonds is 8. The third-order valence-electron chi connectivity index (χ3n) is 5.69. The summed E-state index contributed by atoms with van der Waals surface area (Å²) in [4.78, 5) is 34.9. The van der Waals surface area contributed by atoms with Gasteiger partial charge in [-0.25, -0.2) is 9.67 Å². The second-order valence-electron chi connectivity index (χ2n) is 8.74. The Balaban J connectivity index is 1.82. The Morgan fingerprint density at radius 1 is 1.28 bits per heavy atom. The predicted molar refractivity (Wildman–Crippen MR) is 126 cm³/mol. The van der Waals surface area contributed by atoms with Crippen LogP contribution in [-0.4, -0.2) is 51.2 Å². The maximum atomic E-state index is 13.8. The molecule has 1 saturated carbocycles. The number of carbonyl (C=O) groups excluding carboxylic acids is 2. The van der Waals surface area contributed by atoms with E-state index in [-0.39, 0.29) is 24.5 Å². The number of ether oxygens (including phenoxy) is 1. The van der Waals surface area contributed by atoms with E-state index in [0.717, 1.165) is 29.0 Å². The lowest BCUT2D eigenvalue weighted by Crippen LogP contribution is -2.38. The molecule has 0 aromatic carbocycles. The molecular formula is C24H30N4O3S. The number of thiophene rings is 1. The standard InChI is InChI=1S/C24H30N4O3S/c1-6-31-22(29)13-27(12-17-7-8-17)24(30)19-10-21(18-9-15(4)32-16(18)5)26-23-20(19)11-25-28(23)14(2)3/h9-11,14,17H,6-8,12-13H2,1-5H3. The molecule has 0 aliphatic heterocycles. The number of aromatic nitrogens is 3. The SMILES string of the molecule is CCOC(=O)CN(CC1CC1)C(=O)c1cc(-c2cc(C)sc2C)nc2c1cnn2C(C)C. The summed E-state index contributed by atoms with van der Waals surface area (Å²) in [5, 5.41) is 5.23. The minimum atomic E-state index is -0.380. The van der Waals surface area contributed by atoms with Gasteiger partial charge in [-0.2, -0.15) is 5.10 Å². The Morgan fingerprint density at radius 2 is 2.03 bits per heavy atom. The van der Waals surface area contributed by atoms with Crippen LogP contribution in [0.2, 0.25) is 0 Å². The normalized spacial score (nSPS) is 13.7. The lowest BCUT2D eigenvalue weighted by Gasteiger charge is -2.22. The van der Waals surface area contributed by atoms with E-state index in [2.05, 4.69) is 25.0 Å². The van der Waals surface area contributed by atoms with Crippen molar-refractivity contribution >= 4 is 34.2 Å². The number of fused-ring (bicyclic) bond motifs is 1. The second-order valence-corrected chi connectivity index (χ2v) is 10.2. The van der Waals surface area contributed by atoms with E-state index in [1.54, 1.807) is 29.4 Å². The lowest BCUT2D eigenvalue weighted by atomic mass is 10.1. The Labute approximate surface area is 192 Å². The van der Waals surface area contributed by atoms with Crippen LogP contribution in [0.3, 0.4) is 0 Å². The highest BCUT2D eigenvalue weighted by atomic mass is 32.1. The van der Waals surface area contributed by atoms with Gasteiger partial charge in [-0.05, 0) is 65.5 Å². The fourth-order valence-corrected chi connectivity index (χ4v) is 4.89. The van der Waals surface area contributed by atoms with Gasteiger partial charge in [0, 0.05) is 27.9 Å². The number of hydrogen-bond donors (Lipinski definition) is 0. The number of amides is 1. The minimum absolute atomic E-state index is 0.0444. The van der Waals surface area contributed by atoms with Crippen molar-refractivity contribution in [1.29, 1.82) is 0 Å². The molecule has 1 aliphatic rings. The number of nitrogens with zero attached hydrogens (tertiary/aromatic N) is 4. The molecule has 0 atom stereocenters. The lowest BCUT2D eigenvalue weighted by molar-refractivity contribution is -0.143. The molecule has 3 heterocycles. The molecule has 0 spiro atoms. The Hall–Kier alpha value is -2.74. The van der Waals surface area contributed by atoms with Crippen LogP contribution in [-0.2, 0) is 9.53 Å². The summed E-state index contributed by atoms with van der Waals surface area (Å²) in [5.41, 5.74) is 3.00. The monoisotopic (exact) mass is 454 g/mol. The highest BCUT2D eigenvalue weighted by Crippen LogP contribution is 2.34. The van der Waals surface area contributed by atoms with Gasteiger partial charge < -0.3 is 9.64 Å². The summed E-state index contributed by atoms with van der Waals surface area (Å²) in [5.74, 6) is -0.106. The van der Waals surface area contributed by atoms with Crippen LogP contribution < -0.4 is 0 Å². The van der Waals surface area contributed by atoms with Gasteiger partial charge in [-0.15, -0.1) is 11.3 Å². The third kappa shape index (κ3) is 4.55. The molecule has 32 heavy (non-hydrogen) atoms. The molecule has 1 fully saturated rings. The van der Waals surface area contributed by atoms with E-state index in [4.69, 9.17) is 9.72 Å². The molecular weight excluding hydrogens is 424 g/mol. The van der Waals surface area contributed by atoms with Gasteiger partial charge in [0.2, 0.25) is 0 Å². The molecule has 0 unspecified atom stereocenters. The number of esters is 1. The summed E-state index contributed by atoms with van der Waals surface area (Å²) in [6.07, 6.45) is 3.88. The van der Waals surface area contributed by atoms with Crippen LogP contribution in [0.5, 0.6) is 0 Å². The van der Waals surface area contributed by atoms with Crippen LogP contribution in [0.1, 0.15) is 59.8 Å². The van der Waals surface area contributed by atoms with Crippen molar-refractivity contribution in [3.05, 3.63) is 33.6 Å². The van der Waals surface area contributed by atoms with Gasteiger partial charge in [0.1, 0.15) is 6.54 Å². The summed E-state index contributed by atoms with van der Waals surface area (Å²) >= 11 is 1.71. The van der Waals surface area contributed by atoms with Crippen molar-refractivity contribution < 1.29 is 14.3 Å². The number of hydrogen-bond acceptors (Lipinski definition) is 6. The van der Waals surface area contributed by atoms with Gasteiger partial charge in [0.25, 0.3) is 5.91 Å². The second kappa shape index (κ2) is 9.02. The summed E-state index contributed by atoms with van der Waals surface area (Å²) in [6.45, 7) is 10.8. The Kier molecular flexibility index (Phi) is 6.33. The number of aryl methyl sites for hydroxylation is 2. The molecule has 170 valence electrons. The molecule has 1 amide bonds. The first-order valence-electron chi connectivity index (χ1n) is 11.2.